The molecule has 0 saturated heterocycles. The molecule has 2 rings (SSSR count). The molecule has 2 atom stereocenters. The predicted octanol–water partition coefficient (Wildman–Crippen LogP) is 3.47. The highest BCUT2D eigenvalue weighted by Gasteiger charge is 2.19. The number of nitrogens with one attached hydrogen (secondary N) is 1. The van der Waals surface area contributed by atoms with Crippen LogP contribution in [-0.2, 0) is 11.2 Å². The Morgan fingerprint density at radius 1 is 1.33 bits per heavy atom. The quantitative estimate of drug-likeness (QED) is 0.804. The van der Waals surface area contributed by atoms with Crippen LogP contribution in [0.5, 0.6) is 0 Å². The van der Waals surface area contributed by atoms with Crippen molar-refractivity contribution in [2.75, 3.05) is 13.2 Å². The van der Waals surface area contributed by atoms with Gasteiger partial charge < -0.3 is 10.1 Å². The number of hydrogen-bond acceptors (Lipinski definition) is 2. The summed E-state index contributed by atoms with van der Waals surface area (Å²) in [5.41, 5.74) is 3.02. The van der Waals surface area contributed by atoms with Gasteiger partial charge in [-0.1, -0.05) is 30.7 Å². The van der Waals surface area contributed by atoms with Gasteiger partial charge in [-0.2, -0.15) is 0 Å². The van der Waals surface area contributed by atoms with Gasteiger partial charge in [-0.3, -0.25) is 0 Å². The summed E-state index contributed by atoms with van der Waals surface area (Å²) in [5, 5.41) is 3.72. The second-order valence-electron chi connectivity index (χ2n) is 5.22. The van der Waals surface area contributed by atoms with Crippen molar-refractivity contribution in [1.82, 2.24) is 5.32 Å². The molecule has 1 aliphatic carbocycles. The Morgan fingerprint density at radius 2 is 2.17 bits per heavy atom. The first kappa shape index (κ1) is 13.6. The fourth-order valence-electron chi connectivity index (χ4n) is 2.78. The number of benzene rings is 1. The van der Waals surface area contributed by atoms with Gasteiger partial charge in [0.2, 0.25) is 0 Å². The highest BCUT2D eigenvalue weighted by Crippen LogP contribution is 2.28. The van der Waals surface area contributed by atoms with E-state index in [0.717, 1.165) is 13.2 Å². The lowest BCUT2D eigenvalue weighted by Crippen LogP contribution is -2.34. The standard InChI is InChI=1S/C16H25NO/c1-3-18-12-13(2)17-16-11-7-5-9-14-8-4-6-10-15(14)16/h4,6,8,10,13,16-17H,3,5,7,9,11-12H2,1-2H3. The van der Waals surface area contributed by atoms with Crippen LogP contribution in [0.15, 0.2) is 24.3 Å². The van der Waals surface area contributed by atoms with E-state index in [1.165, 1.54) is 36.8 Å². The van der Waals surface area contributed by atoms with E-state index in [0.29, 0.717) is 12.1 Å². The maximum absolute atomic E-state index is 5.49. The Kier molecular flexibility index (Phi) is 5.21. The molecule has 1 aromatic rings. The molecule has 0 aromatic heterocycles. The van der Waals surface area contributed by atoms with Crippen LogP contribution in [0.3, 0.4) is 0 Å². The lowest BCUT2D eigenvalue weighted by atomic mass is 9.98. The van der Waals surface area contributed by atoms with E-state index in [1.807, 2.05) is 6.92 Å². The van der Waals surface area contributed by atoms with Gasteiger partial charge in [0.25, 0.3) is 0 Å². The number of rotatable bonds is 5. The Hall–Kier alpha value is -0.860. The fraction of sp³-hybridized carbons (Fsp3) is 0.625. The van der Waals surface area contributed by atoms with Gasteiger partial charge in [0.15, 0.2) is 0 Å². The van der Waals surface area contributed by atoms with Gasteiger partial charge >= 0.3 is 0 Å². The summed E-state index contributed by atoms with van der Waals surface area (Å²) in [7, 11) is 0. The molecule has 0 radical (unpaired) electrons. The van der Waals surface area contributed by atoms with E-state index in [9.17, 15) is 0 Å². The molecule has 2 nitrogen and oxygen atoms in total. The maximum atomic E-state index is 5.49. The van der Waals surface area contributed by atoms with E-state index < -0.39 is 0 Å². The fourth-order valence-corrected chi connectivity index (χ4v) is 2.78. The number of aryl methyl sites for hydroxylation is 1. The van der Waals surface area contributed by atoms with Crippen molar-refractivity contribution in [3.8, 4) is 0 Å². The SMILES string of the molecule is CCOCC(C)NC1CCCCc2ccccc21. The van der Waals surface area contributed by atoms with Crippen LogP contribution < -0.4 is 5.32 Å². The summed E-state index contributed by atoms with van der Waals surface area (Å²) < 4.78 is 5.49. The first-order valence-corrected chi connectivity index (χ1v) is 7.23. The lowest BCUT2D eigenvalue weighted by Gasteiger charge is -2.24. The van der Waals surface area contributed by atoms with Crippen LogP contribution >= 0.6 is 0 Å². The Labute approximate surface area is 111 Å². The average Bonchev–Trinajstić information content (AvgIpc) is 2.59. The van der Waals surface area contributed by atoms with E-state index >= 15 is 0 Å². The molecular weight excluding hydrogens is 222 g/mol. The van der Waals surface area contributed by atoms with Crippen LogP contribution in [0.4, 0.5) is 0 Å². The molecular formula is C16H25NO. The van der Waals surface area contributed by atoms with Gasteiger partial charge in [-0.25, -0.2) is 0 Å². The number of hydrogen-bond donors (Lipinski definition) is 1. The molecule has 0 spiro atoms. The second kappa shape index (κ2) is 6.91. The molecule has 0 amide bonds. The molecule has 2 heteroatoms. The van der Waals surface area contributed by atoms with E-state index in [-0.39, 0.29) is 0 Å². The van der Waals surface area contributed by atoms with Crippen molar-refractivity contribution in [2.24, 2.45) is 0 Å². The summed E-state index contributed by atoms with van der Waals surface area (Å²) in [4.78, 5) is 0. The molecule has 18 heavy (non-hydrogen) atoms. The van der Waals surface area contributed by atoms with E-state index in [2.05, 4.69) is 36.5 Å². The van der Waals surface area contributed by atoms with E-state index in [4.69, 9.17) is 4.74 Å². The third kappa shape index (κ3) is 3.56. The maximum Gasteiger partial charge on any atom is 0.0616 e. The van der Waals surface area contributed by atoms with Crippen molar-refractivity contribution in [3.63, 3.8) is 0 Å². The minimum absolute atomic E-state index is 0.418. The van der Waals surface area contributed by atoms with Crippen molar-refractivity contribution in [1.29, 1.82) is 0 Å². The minimum atomic E-state index is 0.418. The smallest absolute Gasteiger partial charge is 0.0616 e. The minimum Gasteiger partial charge on any atom is -0.380 e. The molecule has 1 aromatic carbocycles. The Balaban J connectivity index is 2.03. The Morgan fingerprint density at radius 3 is 3.00 bits per heavy atom. The van der Waals surface area contributed by atoms with Crippen molar-refractivity contribution in [3.05, 3.63) is 35.4 Å². The number of fused-ring (bicyclic) bond motifs is 1. The summed E-state index contributed by atoms with van der Waals surface area (Å²) in [6, 6.07) is 9.80. The van der Waals surface area contributed by atoms with Gasteiger partial charge in [-0.15, -0.1) is 0 Å². The van der Waals surface area contributed by atoms with E-state index in [1.54, 1.807) is 0 Å². The molecule has 0 heterocycles. The summed E-state index contributed by atoms with van der Waals surface area (Å²) in [5.74, 6) is 0. The van der Waals surface area contributed by atoms with Crippen molar-refractivity contribution >= 4 is 0 Å². The van der Waals surface area contributed by atoms with Gasteiger partial charge in [0.1, 0.15) is 0 Å². The zero-order chi connectivity index (χ0) is 12.8. The Bertz CT molecular complexity index is 364. The molecule has 100 valence electrons. The van der Waals surface area contributed by atoms with Crippen molar-refractivity contribution < 1.29 is 4.74 Å². The average molecular weight is 247 g/mol. The highest BCUT2D eigenvalue weighted by molar-refractivity contribution is 5.31. The molecule has 0 saturated carbocycles. The highest BCUT2D eigenvalue weighted by atomic mass is 16.5. The van der Waals surface area contributed by atoms with Crippen LogP contribution in [-0.4, -0.2) is 19.3 Å². The largest absolute Gasteiger partial charge is 0.380 e. The van der Waals surface area contributed by atoms with Crippen LogP contribution in [0, 0.1) is 0 Å². The summed E-state index contributed by atoms with van der Waals surface area (Å²) in [6.45, 7) is 5.86. The van der Waals surface area contributed by atoms with Gasteiger partial charge in [0.05, 0.1) is 6.61 Å². The van der Waals surface area contributed by atoms with Crippen molar-refractivity contribution in [2.45, 2.75) is 51.6 Å². The monoisotopic (exact) mass is 247 g/mol. The molecule has 1 N–H and O–H groups in total. The van der Waals surface area contributed by atoms with Gasteiger partial charge in [0, 0.05) is 18.7 Å². The topological polar surface area (TPSA) is 21.3 Å². The lowest BCUT2D eigenvalue weighted by molar-refractivity contribution is 0.123. The molecule has 1 aliphatic rings. The van der Waals surface area contributed by atoms with Crippen LogP contribution in [0.2, 0.25) is 0 Å². The molecule has 0 bridgehead atoms. The molecule has 0 fully saturated rings. The molecule has 0 aliphatic heterocycles. The van der Waals surface area contributed by atoms with Gasteiger partial charge in [-0.05, 0) is 44.2 Å². The third-order valence-electron chi connectivity index (χ3n) is 3.68. The number of ether oxygens (including phenoxy) is 1. The third-order valence-corrected chi connectivity index (χ3v) is 3.68. The first-order chi connectivity index (χ1) is 8.81. The summed E-state index contributed by atoms with van der Waals surface area (Å²) >= 11 is 0. The molecule has 2 unspecified atom stereocenters. The van der Waals surface area contributed by atoms with Crippen LogP contribution in [0.25, 0.3) is 0 Å². The van der Waals surface area contributed by atoms with Crippen LogP contribution in [0.1, 0.15) is 50.3 Å². The first-order valence-electron chi connectivity index (χ1n) is 7.23. The predicted molar refractivity (Wildman–Crippen MR) is 75.8 cm³/mol. The zero-order valence-corrected chi connectivity index (χ0v) is 11.6. The normalized spacial score (nSPS) is 21.1. The second-order valence-corrected chi connectivity index (χ2v) is 5.22. The zero-order valence-electron chi connectivity index (χ0n) is 11.6. The summed E-state index contributed by atoms with van der Waals surface area (Å²) in [6.07, 6.45) is 5.10.